The fourth-order valence-corrected chi connectivity index (χ4v) is 3.12. The molecule has 1 aromatic carbocycles. The number of hydrogen-bond acceptors (Lipinski definition) is 2. The molecule has 1 heterocycles. The fraction of sp³-hybridized carbons (Fsp3) is 0.562. The Morgan fingerprint density at radius 3 is 2.20 bits per heavy atom. The first-order valence-corrected chi connectivity index (χ1v) is 7.14. The Hall–Kier alpha value is -1.06. The molecule has 0 aliphatic carbocycles. The van der Waals surface area contributed by atoms with Crippen molar-refractivity contribution in [2.24, 2.45) is 0 Å². The molecule has 112 valence electrons. The molecule has 1 amide bonds. The molecule has 3 nitrogen and oxygen atoms in total. The Morgan fingerprint density at radius 2 is 1.70 bits per heavy atom. The Morgan fingerprint density at radius 1 is 1.15 bits per heavy atom. The number of carbonyl (C=O) groups excluding carboxylic acids is 1. The van der Waals surface area contributed by atoms with Crippen molar-refractivity contribution in [3.05, 3.63) is 29.3 Å². The molecule has 1 fully saturated rings. The number of rotatable bonds is 3. The predicted octanol–water partition coefficient (Wildman–Crippen LogP) is 3.52. The molecule has 20 heavy (non-hydrogen) atoms. The molecule has 1 aliphatic heterocycles. The zero-order valence-electron chi connectivity index (χ0n) is 13.0. The van der Waals surface area contributed by atoms with Crippen LogP contribution in [0.5, 0.6) is 0 Å². The van der Waals surface area contributed by atoms with E-state index in [1.54, 1.807) is 0 Å². The van der Waals surface area contributed by atoms with Gasteiger partial charge < -0.3 is 0 Å². The van der Waals surface area contributed by atoms with Gasteiger partial charge in [0.2, 0.25) is 5.91 Å². The lowest BCUT2D eigenvalue weighted by molar-refractivity contribution is -0.119. The number of aryl methyl sites for hydroxylation is 2. The van der Waals surface area contributed by atoms with Crippen molar-refractivity contribution in [1.82, 2.24) is 4.90 Å². The first kappa shape index (κ1) is 17.0. The van der Waals surface area contributed by atoms with Gasteiger partial charge >= 0.3 is 0 Å². The van der Waals surface area contributed by atoms with Gasteiger partial charge in [-0.1, -0.05) is 25.1 Å². The molecule has 0 spiro atoms. The van der Waals surface area contributed by atoms with E-state index in [2.05, 4.69) is 44.7 Å². The van der Waals surface area contributed by atoms with Crippen LogP contribution in [0.15, 0.2) is 18.2 Å². The summed E-state index contributed by atoms with van der Waals surface area (Å²) in [4.78, 5) is 16.9. The van der Waals surface area contributed by atoms with E-state index in [-0.39, 0.29) is 30.5 Å². The highest BCUT2D eigenvalue weighted by molar-refractivity contribution is 6.00. The van der Waals surface area contributed by atoms with Crippen molar-refractivity contribution >= 4 is 24.0 Å². The van der Waals surface area contributed by atoms with Gasteiger partial charge in [0.15, 0.2) is 0 Å². The van der Waals surface area contributed by atoms with Crippen LogP contribution in [0.2, 0.25) is 0 Å². The number of carbonyl (C=O) groups is 1. The summed E-state index contributed by atoms with van der Waals surface area (Å²) in [5.74, 6) is 0.221. The molecular weight excluding hydrogens is 272 g/mol. The predicted molar refractivity (Wildman–Crippen MR) is 86.6 cm³/mol. The minimum Gasteiger partial charge on any atom is -0.295 e. The van der Waals surface area contributed by atoms with Crippen molar-refractivity contribution in [3.63, 3.8) is 0 Å². The molecule has 1 aromatic rings. The Bertz CT molecular complexity index is 469. The van der Waals surface area contributed by atoms with Gasteiger partial charge in [-0.3, -0.25) is 14.6 Å². The summed E-state index contributed by atoms with van der Waals surface area (Å²) in [6.07, 6.45) is 1.21. The van der Waals surface area contributed by atoms with Crippen LogP contribution in [0, 0.1) is 13.8 Å². The van der Waals surface area contributed by atoms with E-state index in [0.717, 1.165) is 18.7 Å². The Balaban J connectivity index is 0.00000200. The lowest BCUT2D eigenvalue weighted by Gasteiger charge is -2.29. The number of amides is 1. The highest BCUT2D eigenvalue weighted by atomic mass is 35.5. The summed E-state index contributed by atoms with van der Waals surface area (Å²) >= 11 is 0. The van der Waals surface area contributed by atoms with Crippen molar-refractivity contribution in [1.29, 1.82) is 0 Å². The number of benzene rings is 1. The van der Waals surface area contributed by atoms with Crippen molar-refractivity contribution in [2.45, 2.75) is 53.2 Å². The summed E-state index contributed by atoms with van der Waals surface area (Å²) < 4.78 is 0. The zero-order valence-corrected chi connectivity index (χ0v) is 13.8. The van der Waals surface area contributed by atoms with Crippen LogP contribution in [0.1, 0.15) is 38.3 Å². The van der Waals surface area contributed by atoms with E-state index in [4.69, 9.17) is 0 Å². The van der Waals surface area contributed by atoms with Crippen molar-refractivity contribution < 1.29 is 4.79 Å². The number of halogens is 1. The summed E-state index contributed by atoms with van der Waals surface area (Å²) in [7, 11) is 0. The molecule has 0 bridgehead atoms. The highest BCUT2D eigenvalue weighted by Gasteiger charge is 2.42. The molecule has 2 atom stereocenters. The first-order chi connectivity index (χ1) is 8.99. The third-order valence-electron chi connectivity index (χ3n) is 4.11. The van der Waals surface area contributed by atoms with Crippen LogP contribution in [-0.4, -0.2) is 29.6 Å². The van der Waals surface area contributed by atoms with Crippen molar-refractivity contribution in [2.75, 3.05) is 11.4 Å². The Kier molecular flexibility index (Phi) is 5.60. The number of hydrogen-bond donors (Lipinski definition) is 0. The number of anilines is 1. The average Bonchev–Trinajstić information content (AvgIpc) is 2.56. The van der Waals surface area contributed by atoms with Gasteiger partial charge in [0.1, 0.15) is 0 Å². The van der Waals surface area contributed by atoms with E-state index in [9.17, 15) is 4.79 Å². The minimum atomic E-state index is -0.0195. The van der Waals surface area contributed by atoms with Gasteiger partial charge in [0.25, 0.3) is 0 Å². The molecule has 0 saturated carbocycles. The van der Waals surface area contributed by atoms with Gasteiger partial charge in [-0.05, 0) is 45.2 Å². The molecule has 2 unspecified atom stereocenters. The second-order valence-corrected chi connectivity index (χ2v) is 5.49. The molecule has 1 saturated heterocycles. The van der Waals surface area contributed by atoms with Crippen LogP contribution in [0.4, 0.5) is 5.69 Å². The van der Waals surface area contributed by atoms with Crippen LogP contribution in [0.25, 0.3) is 0 Å². The summed E-state index contributed by atoms with van der Waals surface area (Å²) in [6, 6.07) is 6.19. The second-order valence-electron chi connectivity index (χ2n) is 5.49. The van der Waals surface area contributed by atoms with Crippen LogP contribution >= 0.6 is 12.4 Å². The number of para-hydroxylation sites is 1. The summed E-state index contributed by atoms with van der Waals surface area (Å²) in [5.41, 5.74) is 3.43. The molecule has 0 aromatic heterocycles. The van der Waals surface area contributed by atoms with Crippen molar-refractivity contribution in [3.8, 4) is 0 Å². The van der Waals surface area contributed by atoms with Crippen LogP contribution in [-0.2, 0) is 4.79 Å². The number of nitrogens with zero attached hydrogens (tertiary/aromatic N) is 2. The SMILES string of the molecule is CCCN1C(C)C(=O)N(c2c(C)cccc2C)C1C.Cl. The molecule has 4 heteroatoms. The highest BCUT2D eigenvalue weighted by Crippen LogP contribution is 2.33. The second kappa shape index (κ2) is 6.59. The van der Waals surface area contributed by atoms with E-state index in [0.29, 0.717) is 0 Å². The van der Waals surface area contributed by atoms with E-state index in [1.165, 1.54) is 11.1 Å². The quantitative estimate of drug-likeness (QED) is 0.852. The van der Waals surface area contributed by atoms with Gasteiger partial charge in [-0.2, -0.15) is 0 Å². The Labute approximate surface area is 128 Å². The topological polar surface area (TPSA) is 23.6 Å². The maximum Gasteiger partial charge on any atom is 0.245 e. The van der Waals surface area contributed by atoms with Crippen LogP contribution in [0.3, 0.4) is 0 Å². The lowest BCUT2D eigenvalue weighted by atomic mass is 10.1. The maximum absolute atomic E-state index is 12.6. The first-order valence-electron chi connectivity index (χ1n) is 7.14. The molecule has 0 N–H and O–H groups in total. The third kappa shape index (κ3) is 2.70. The smallest absolute Gasteiger partial charge is 0.245 e. The monoisotopic (exact) mass is 296 g/mol. The van der Waals surface area contributed by atoms with Gasteiger partial charge in [0.05, 0.1) is 17.9 Å². The largest absolute Gasteiger partial charge is 0.295 e. The zero-order chi connectivity index (χ0) is 14.2. The van der Waals surface area contributed by atoms with E-state index < -0.39 is 0 Å². The lowest BCUT2D eigenvalue weighted by Crippen LogP contribution is -2.38. The average molecular weight is 297 g/mol. The molecule has 0 radical (unpaired) electrons. The molecule has 1 aliphatic rings. The fourth-order valence-electron chi connectivity index (χ4n) is 3.12. The van der Waals surface area contributed by atoms with Gasteiger partial charge in [-0.25, -0.2) is 0 Å². The summed E-state index contributed by atoms with van der Waals surface area (Å²) in [6.45, 7) is 11.4. The van der Waals surface area contributed by atoms with E-state index >= 15 is 0 Å². The summed E-state index contributed by atoms with van der Waals surface area (Å²) in [5, 5.41) is 0. The minimum absolute atomic E-state index is 0. The van der Waals surface area contributed by atoms with Gasteiger partial charge in [-0.15, -0.1) is 12.4 Å². The normalized spacial score (nSPS) is 23.1. The standard InChI is InChI=1S/C16H24N2O.ClH/c1-6-10-17-13(4)16(19)18(14(17)5)15-11(2)8-7-9-12(15)3;/h7-9,13-14H,6,10H2,1-5H3;1H. The van der Waals surface area contributed by atoms with E-state index in [1.807, 2.05) is 17.9 Å². The molecular formula is C16H25ClN2O. The van der Waals surface area contributed by atoms with Crippen LogP contribution < -0.4 is 4.90 Å². The molecule has 2 rings (SSSR count). The maximum atomic E-state index is 12.6. The van der Waals surface area contributed by atoms with Gasteiger partial charge in [0, 0.05) is 6.54 Å². The third-order valence-corrected chi connectivity index (χ3v) is 4.11.